The molecule has 14 heteroatoms. The monoisotopic (exact) mass is 641 g/mol. The summed E-state index contributed by atoms with van der Waals surface area (Å²) in [6, 6.07) is 17.4. The van der Waals surface area contributed by atoms with Crippen molar-refractivity contribution in [3.8, 4) is 23.0 Å². The number of hydrogen-bond donors (Lipinski definition) is 7. The van der Waals surface area contributed by atoms with E-state index in [1.807, 2.05) is 0 Å². The number of urea groups is 1. The number of ketones is 1. The minimum Gasteiger partial charge on any atom is -0.508 e. The summed E-state index contributed by atoms with van der Waals surface area (Å²) in [5.74, 6) is -7.02. The number of rotatable bonds is 8. The minimum atomic E-state index is -1.54. The number of ether oxygens (including phenoxy) is 1. The molecule has 47 heavy (non-hydrogen) atoms. The Kier molecular flexibility index (Phi) is 8.94. The van der Waals surface area contributed by atoms with Crippen molar-refractivity contribution in [3.05, 3.63) is 113 Å². The topological polar surface area (TPSA) is 223 Å². The van der Waals surface area contributed by atoms with Crippen molar-refractivity contribution in [2.24, 2.45) is 0 Å². The van der Waals surface area contributed by atoms with Gasteiger partial charge in [0.25, 0.3) is 5.91 Å². The zero-order chi connectivity index (χ0) is 33.8. The number of phenolic OH excluding ortho intramolecular Hbond substituents is 4. The van der Waals surface area contributed by atoms with E-state index in [1.54, 1.807) is 30.3 Å². The van der Waals surface area contributed by atoms with Crippen molar-refractivity contribution in [1.29, 1.82) is 0 Å². The summed E-state index contributed by atoms with van der Waals surface area (Å²) in [7, 11) is 0. The molecular formula is C33H27N3O11. The molecule has 14 nitrogen and oxygen atoms in total. The van der Waals surface area contributed by atoms with E-state index in [0.29, 0.717) is 5.69 Å². The van der Waals surface area contributed by atoms with Gasteiger partial charge in [-0.05, 0) is 60.7 Å². The second-order valence-corrected chi connectivity index (χ2v) is 10.5. The minimum absolute atomic E-state index is 0.0555. The van der Waals surface area contributed by atoms with Gasteiger partial charge in [0.2, 0.25) is 5.78 Å². The number of nitrogens with zero attached hydrogens (tertiary/aromatic N) is 1. The van der Waals surface area contributed by atoms with Crippen LogP contribution >= 0.6 is 0 Å². The van der Waals surface area contributed by atoms with Crippen molar-refractivity contribution < 1.29 is 54.2 Å². The van der Waals surface area contributed by atoms with Crippen LogP contribution in [0.15, 0.2) is 84.9 Å². The molecule has 3 amide bonds. The van der Waals surface area contributed by atoms with E-state index in [0.717, 1.165) is 24.3 Å². The van der Waals surface area contributed by atoms with Crippen LogP contribution in [0.5, 0.6) is 23.0 Å². The number of aromatic hydroxyl groups is 4. The van der Waals surface area contributed by atoms with E-state index in [9.17, 15) is 49.5 Å². The quantitative estimate of drug-likeness (QED) is 0.109. The third-order valence-corrected chi connectivity index (χ3v) is 7.34. The molecule has 2 atom stereocenters. The molecule has 1 aliphatic rings. The molecule has 1 aliphatic heterocycles. The Morgan fingerprint density at radius 3 is 2.02 bits per heavy atom. The number of carbonyl (C=O) groups is 5. The van der Waals surface area contributed by atoms with Crippen molar-refractivity contribution >= 4 is 35.3 Å². The van der Waals surface area contributed by atoms with Crippen molar-refractivity contribution in [1.82, 2.24) is 10.2 Å². The zero-order valence-electron chi connectivity index (χ0n) is 24.3. The van der Waals surface area contributed by atoms with Crippen LogP contribution in [0, 0.1) is 0 Å². The third-order valence-electron chi connectivity index (χ3n) is 7.34. The molecule has 0 spiro atoms. The number of carboxylic acid groups (broad SMARTS) is 1. The Labute approximate surface area is 266 Å². The molecular weight excluding hydrogens is 614 g/mol. The van der Waals surface area contributed by atoms with Crippen molar-refractivity contribution in [2.75, 3.05) is 18.4 Å². The summed E-state index contributed by atoms with van der Waals surface area (Å²) in [6.07, 6.45) is -1.12. The molecule has 2 unspecified atom stereocenters. The molecule has 7 N–H and O–H groups in total. The fourth-order valence-electron chi connectivity index (χ4n) is 5.04. The first kappa shape index (κ1) is 31.8. The van der Waals surface area contributed by atoms with Crippen LogP contribution in [-0.2, 0) is 4.74 Å². The lowest BCUT2D eigenvalue weighted by Crippen LogP contribution is -2.44. The number of phenols is 4. The molecule has 1 fully saturated rings. The van der Waals surface area contributed by atoms with Gasteiger partial charge in [0.1, 0.15) is 34.7 Å². The van der Waals surface area contributed by atoms with E-state index < -0.39 is 81.3 Å². The Morgan fingerprint density at radius 2 is 1.38 bits per heavy atom. The Hall–Kier alpha value is -6.57. The second kappa shape index (κ2) is 13.2. The van der Waals surface area contributed by atoms with Crippen LogP contribution in [0.1, 0.15) is 47.0 Å². The van der Waals surface area contributed by atoms with Crippen LogP contribution in [-0.4, -0.2) is 85.3 Å². The number of carboxylic acids is 1. The summed E-state index contributed by atoms with van der Waals surface area (Å²) < 4.78 is 5.62. The van der Waals surface area contributed by atoms with Crippen LogP contribution in [0.3, 0.4) is 0 Å². The highest BCUT2D eigenvalue weighted by Crippen LogP contribution is 2.35. The molecule has 4 aromatic carbocycles. The lowest BCUT2D eigenvalue weighted by Gasteiger charge is -2.20. The number of likely N-dealkylation sites (tertiary alicyclic amines) is 1. The second-order valence-electron chi connectivity index (χ2n) is 10.5. The number of benzene rings is 4. The van der Waals surface area contributed by atoms with Crippen LogP contribution in [0.4, 0.5) is 10.5 Å². The van der Waals surface area contributed by atoms with Gasteiger partial charge >= 0.3 is 18.0 Å². The number of para-hydroxylation sites is 1. The summed E-state index contributed by atoms with van der Waals surface area (Å²) in [6.45, 7) is -0.235. The number of esters is 1. The number of anilines is 1. The lowest BCUT2D eigenvalue weighted by atomic mass is 9.95. The van der Waals surface area contributed by atoms with Gasteiger partial charge in [-0.2, -0.15) is 0 Å². The first-order valence-corrected chi connectivity index (χ1v) is 14.0. The van der Waals surface area contributed by atoms with Gasteiger partial charge in [0, 0.05) is 17.8 Å². The van der Waals surface area contributed by atoms with Crippen LogP contribution in [0.2, 0.25) is 0 Å². The molecule has 0 radical (unpaired) electrons. The van der Waals surface area contributed by atoms with Gasteiger partial charge in [-0.25, -0.2) is 14.4 Å². The van der Waals surface area contributed by atoms with Crippen molar-refractivity contribution in [2.45, 2.75) is 12.1 Å². The van der Waals surface area contributed by atoms with Gasteiger partial charge in [-0.15, -0.1) is 0 Å². The fourth-order valence-corrected chi connectivity index (χ4v) is 5.04. The van der Waals surface area contributed by atoms with Gasteiger partial charge in [-0.1, -0.05) is 24.3 Å². The summed E-state index contributed by atoms with van der Waals surface area (Å²) >= 11 is 0. The summed E-state index contributed by atoms with van der Waals surface area (Å²) in [5.41, 5.74) is -1.77. The maximum Gasteiger partial charge on any atom is 0.338 e. The molecule has 5 rings (SSSR count). The summed E-state index contributed by atoms with van der Waals surface area (Å²) in [5, 5.41) is 55.9. The number of aromatic carboxylic acids is 1. The average Bonchev–Trinajstić information content (AvgIpc) is 3.43. The lowest BCUT2D eigenvalue weighted by molar-refractivity contribution is 0.0271. The van der Waals surface area contributed by atoms with E-state index in [4.69, 9.17) is 4.74 Å². The Balaban J connectivity index is 1.38. The standard InChI is InChI=1S/C33H27N3O11/c37-20-11-9-17(10-12-20)30(42)35-22-15-36(33(46)34-19-5-2-1-3-6-19)16-26(22)47-32(45)18-13-24(39)28(25(40)14-18)29(41)27-21(31(43)44)7-4-8-23(27)38/h1-14,22,26,37-40H,15-16H2,(H,34,46)(H,35,42)(H,43,44). The fraction of sp³-hybridized carbons (Fsp3) is 0.121. The van der Waals surface area contributed by atoms with E-state index in [2.05, 4.69) is 10.6 Å². The molecule has 0 aromatic heterocycles. The number of carbonyl (C=O) groups excluding carboxylic acids is 4. The normalized spacial score (nSPS) is 15.4. The van der Waals surface area contributed by atoms with E-state index in [-0.39, 0.29) is 24.4 Å². The first-order valence-electron chi connectivity index (χ1n) is 14.0. The smallest absolute Gasteiger partial charge is 0.338 e. The van der Waals surface area contributed by atoms with Gasteiger partial charge in [0.05, 0.1) is 29.3 Å². The predicted molar refractivity (Wildman–Crippen MR) is 164 cm³/mol. The average molecular weight is 642 g/mol. The highest BCUT2D eigenvalue weighted by molar-refractivity contribution is 6.18. The Morgan fingerprint density at radius 1 is 0.723 bits per heavy atom. The van der Waals surface area contributed by atoms with Gasteiger partial charge < -0.3 is 45.8 Å². The molecule has 1 saturated heterocycles. The van der Waals surface area contributed by atoms with Crippen LogP contribution in [0.25, 0.3) is 0 Å². The maximum atomic E-state index is 13.3. The predicted octanol–water partition coefficient (Wildman–Crippen LogP) is 3.31. The molecule has 0 aliphatic carbocycles. The summed E-state index contributed by atoms with van der Waals surface area (Å²) in [4.78, 5) is 65.3. The molecule has 240 valence electrons. The largest absolute Gasteiger partial charge is 0.508 e. The maximum absolute atomic E-state index is 13.3. The number of hydrogen-bond acceptors (Lipinski definition) is 10. The number of nitrogens with one attached hydrogen (secondary N) is 2. The van der Waals surface area contributed by atoms with Gasteiger partial charge in [-0.3, -0.25) is 9.59 Å². The van der Waals surface area contributed by atoms with Crippen LogP contribution < -0.4 is 10.6 Å². The van der Waals surface area contributed by atoms with E-state index >= 15 is 0 Å². The first-order chi connectivity index (χ1) is 22.4. The zero-order valence-corrected chi connectivity index (χ0v) is 24.3. The third kappa shape index (κ3) is 6.91. The highest BCUT2D eigenvalue weighted by atomic mass is 16.5. The molecule has 0 bridgehead atoms. The molecule has 1 heterocycles. The SMILES string of the molecule is O=C(NC1CN(C(=O)Nc2ccccc2)CC1OC(=O)c1cc(O)c(C(=O)c2c(O)cccc2C(=O)O)c(O)c1)c1ccc(O)cc1. The molecule has 0 saturated carbocycles. The van der Waals surface area contributed by atoms with Crippen molar-refractivity contribution in [3.63, 3.8) is 0 Å². The van der Waals surface area contributed by atoms with Gasteiger partial charge in [0.15, 0.2) is 0 Å². The Bertz CT molecular complexity index is 1850. The highest BCUT2D eigenvalue weighted by Gasteiger charge is 2.39. The number of amides is 3. The molecule has 4 aromatic rings. The van der Waals surface area contributed by atoms with E-state index in [1.165, 1.54) is 35.2 Å².